The average molecular weight is 903 g/mol. The Kier molecular flexibility index (Phi) is 27.9. The molecule has 0 atom stereocenters. The van der Waals surface area contributed by atoms with E-state index in [0.717, 1.165) is 22.8 Å². The SMILES string of the molecule is CC#N.CC#N.CC(C)c1cccc(C(C)C)c1N=C1C(=Nc2c(C(C)C)cccc2C(C)C)c2cccc3cccc1c23.ClCCl.ClCCl.F[B-](F)(F)F.[Cu+]. The fourth-order valence-electron chi connectivity index (χ4n) is 5.72. The average Bonchev–Trinajstić information content (AvgIpc) is 3.38. The Morgan fingerprint density at radius 2 is 0.750 bits per heavy atom. The van der Waals surface area contributed by atoms with Crippen molar-refractivity contribution in [2.45, 2.75) is 92.9 Å². The Morgan fingerprint density at radius 3 is 0.964 bits per heavy atom. The van der Waals surface area contributed by atoms with Gasteiger partial charge in [-0.3, -0.25) is 0 Å². The van der Waals surface area contributed by atoms with Crippen LogP contribution in [0.15, 0.2) is 82.8 Å². The van der Waals surface area contributed by atoms with Gasteiger partial charge in [0.2, 0.25) is 0 Å². The van der Waals surface area contributed by atoms with Crippen LogP contribution in [-0.4, -0.2) is 29.4 Å². The molecule has 5 rings (SSSR count). The third-order valence-electron chi connectivity index (χ3n) is 7.77. The number of alkyl halides is 4. The standard InChI is InChI=1S/C36H40N2.2C2H3N.2CH2Cl2.BF4.Cu/c1-21(2)26-15-11-16-27(22(3)4)33(26)37-35-30-19-9-13-25-14-10-20-31(32(25)30)36(35)38-34-28(23(5)6)17-12-18-29(34)24(7)8;2*1-2-3;2*2-1-3;2-1(3,4)5;/h9-24H,1-8H3;2*1H3;2*1H2;;/q;;;;;-1;+1. The summed E-state index contributed by atoms with van der Waals surface area (Å²) in [5, 5.41) is 17.5. The normalized spacial score (nSPS) is 12.4. The van der Waals surface area contributed by atoms with Crippen molar-refractivity contribution in [1.82, 2.24) is 0 Å². The first-order valence-corrected chi connectivity index (χ1v) is 19.7. The van der Waals surface area contributed by atoms with Gasteiger partial charge in [-0.05, 0) is 51.3 Å². The molecule has 0 saturated heterocycles. The number of halogens is 8. The van der Waals surface area contributed by atoms with Crippen molar-refractivity contribution in [2.24, 2.45) is 9.98 Å². The van der Waals surface area contributed by atoms with Gasteiger partial charge >= 0.3 is 24.3 Å². The van der Waals surface area contributed by atoms with Gasteiger partial charge in [-0.2, -0.15) is 10.5 Å². The number of nitriles is 2. The maximum atomic E-state index is 9.75. The minimum Gasteiger partial charge on any atom is -0.418 e. The van der Waals surface area contributed by atoms with Crippen molar-refractivity contribution in [1.29, 1.82) is 10.5 Å². The van der Waals surface area contributed by atoms with E-state index in [1.807, 2.05) is 0 Å². The Balaban J connectivity index is 0. The summed E-state index contributed by atoms with van der Waals surface area (Å²) in [4.78, 5) is 11.1. The first kappa shape index (κ1) is 55.0. The predicted molar refractivity (Wildman–Crippen MR) is 231 cm³/mol. The van der Waals surface area contributed by atoms with Gasteiger partial charge < -0.3 is 17.3 Å². The second-order valence-electron chi connectivity index (χ2n) is 13.0. The Hall–Kier alpha value is -3.08. The fraction of sp³-hybridized carbons (Fsp3) is 0.381. The minimum absolute atomic E-state index is 0. The fourth-order valence-corrected chi connectivity index (χ4v) is 5.72. The van der Waals surface area contributed by atoms with Gasteiger partial charge in [0.15, 0.2) is 0 Å². The van der Waals surface area contributed by atoms with Crippen LogP contribution in [0.5, 0.6) is 0 Å². The summed E-state index contributed by atoms with van der Waals surface area (Å²) in [6.45, 7) is 20.9. The van der Waals surface area contributed by atoms with Crippen LogP contribution in [0.3, 0.4) is 0 Å². The Labute approximate surface area is 361 Å². The van der Waals surface area contributed by atoms with E-state index in [4.69, 9.17) is 66.9 Å². The molecule has 4 aromatic carbocycles. The smallest absolute Gasteiger partial charge is 0.418 e. The van der Waals surface area contributed by atoms with Crippen LogP contribution >= 0.6 is 46.4 Å². The van der Waals surface area contributed by atoms with Gasteiger partial charge in [0.05, 0.1) is 45.6 Å². The number of hydrogen-bond donors (Lipinski definition) is 0. The first-order valence-electron chi connectivity index (χ1n) is 17.5. The third kappa shape index (κ3) is 17.6. The van der Waals surface area contributed by atoms with E-state index >= 15 is 0 Å². The van der Waals surface area contributed by atoms with E-state index in [1.165, 1.54) is 58.0 Å². The monoisotopic (exact) mass is 900 g/mol. The molecule has 0 aromatic heterocycles. The summed E-state index contributed by atoms with van der Waals surface area (Å²) in [5.74, 6) is 1.51. The van der Waals surface area contributed by atoms with Crippen LogP contribution in [0, 0.1) is 22.7 Å². The van der Waals surface area contributed by atoms with E-state index in [2.05, 4.69) is 128 Å². The maximum Gasteiger partial charge on any atom is 1.00 e. The molecule has 0 spiro atoms. The molecule has 0 radical (unpaired) electrons. The van der Waals surface area contributed by atoms with Gasteiger partial charge in [-0.15, -0.1) is 46.4 Å². The van der Waals surface area contributed by atoms with Crippen LogP contribution in [0.1, 0.15) is 126 Å². The largest absolute Gasteiger partial charge is 1.00 e. The molecule has 0 unspecified atom stereocenters. The number of benzene rings is 4. The van der Waals surface area contributed by atoms with E-state index < -0.39 is 7.25 Å². The molecule has 0 saturated carbocycles. The Bertz CT molecular complexity index is 1750. The zero-order valence-corrected chi connectivity index (χ0v) is 37.3. The summed E-state index contributed by atoms with van der Waals surface area (Å²) in [6.07, 6.45) is 0. The molecule has 0 fully saturated rings. The van der Waals surface area contributed by atoms with E-state index in [0.29, 0.717) is 23.7 Å². The molecule has 0 bridgehead atoms. The topological polar surface area (TPSA) is 72.3 Å². The first-order chi connectivity index (χ1) is 25.8. The van der Waals surface area contributed by atoms with E-state index in [-0.39, 0.29) is 27.7 Å². The molecule has 308 valence electrons. The molecule has 1 aliphatic rings. The van der Waals surface area contributed by atoms with Crippen LogP contribution in [0.25, 0.3) is 10.8 Å². The molecule has 4 nitrogen and oxygen atoms in total. The van der Waals surface area contributed by atoms with Crippen molar-refractivity contribution in [3.63, 3.8) is 0 Å². The van der Waals surface area contributed by atoms with Gasteiger partial charge in [-0.25, -0.2) is 9.98 Å². The van der Waals surface area contributed by atoms with Crippen LogP contribution in [-0.2, 0) is 17.1 Å². The van der Waals surface area contributed by atoms with E-state index in [1.54, 1.807) is 12.1 Å². The molecule has 1 aliphatic carbocycles. The number of hydrogen-bond acceptors (Lipinski definition) is 4. The molecule has 0 heterocycles. The van der Waals surface area contributed by atoms with Crippen LogP contribution in [0.4, 0.5) is 28.6 Å². The van der Waals surface area contributed by atoms with Crippen molar-refractivity contribution in [2.75, 3.05) is 10.7 Å². The molecule has 0 amide bonds. The third-order valence-corrected chi connectivity index (χ3v) is 7.77. The summed E-state index contributed by atoms with van der Waals surface area (Å²) >= 11 is 19.1. The zero-order chi connectivity index (χ0) is 42.5. The van der Waals surface area contributed by atoms with Gasteiger partial charge in [0.25, 0.3) is 0 Å². The molecule has 4 aromatic rings. The molecular formula is C42H50BCl4CuF4N4. The molecule has 56 heavy (non-hydrogen) atoms. The minimum atomic E-state index is -6.00. The van der Waals surface area contributed by atoms with Crippen molar-refractivity contribution >= 4 is 87.2 Å². The van der Waals surface area contributed by atoms with Gasteiger partial charge in [0.1, 0.15) is 0 Å². The predicted octanol–water partition coefficient (Wildman–Crippen LogP) is 15.8. The van der Waals surface area contributed by atoms with Gasteiger partial charge in [0, 0.05) is 30.4 Å². The summed E-state index contributed by atoms with van der Waals surface area (Å²) in [7, 11) is -6.00. The Morgan fingerprint density at radius 1 is 0.536 bits per heavy atom. The quantitative estimate of drug-likeness (QED) is 0.110. The van der Waals surface area contributed by atoms with Crippen LogP contribution in [0.2, 0.25) is 0 Å². The molecule has 0 N–H and O–H groups in total. The van der Waals surface area contributed by atoms with Gasteiger partial charge in [-0.1, -0.05) is 128 Å². The number of para-hydroxylation sites is 2. The number of aliphatic imine (C=N–C) groups is 2. The zero-order valence-electron chi connectivity index (χ0n) is 33.3. The van der Waals surface area contributed by atoms with Crippen LogP contribution < -0.4 is 0 Å². The summed E-state index contributed by atoms with van der Waals surface area (Å²) in [5.41, 5.74) is 11.7. The second kappa shape index (κ2) is 28.3. The number of nitrogens with zero attached hydrogens (tertiary/aromatic N) is 4. The molecule has 14 heteroatoms. The summed E-state index contributed by atoms with van der Waals surface area (Å²) < 4.78 is 39.0. The molecule has 0 aliphatic heterocycles. The summed E-state index contributed by atoms with van der Waals surface area (Å²) in [6, 6.07) is 30.0. The number of rotatable bonds is 6. The van der Waals surface area contributed by atoms with Crippen molar-refractivity contribution < 1.29 is 34.3 Å². The second-order valence-corrected chi connectivity index (χ2v) is 14.6. The maximum absolute atomic E-state index is 9.75. The van der Waals surface area contributed by atoms with Crippen molar-refractivity contribution in [3.05, 3.63) is 106 Å². The van der Waals surface area contributed by atoms with Crippen molar-refractivity contribution in [3.8, 4) is 12.1 Å². The van der Waals surface area contributed by atoms with E-state index in [9.17, 15) is 17.3 Å². The molecular weight excluding hydrogens is 853 g/mol.